The van der Waals surface area contributed by atoms with Crippen LogP contribution in [-0.4, -0.2) is 26.6 Å². The van der Waals surface area contributed by atoms with Gasteiger partial charge in [0.05, 0.1) is 20.2 Å². The Kier molecular flexibility index (Phi) is 5.71. The summed E-state index contributed by atoms with van der Waals surface area (Å²) in [6.45, 7) is 1.27. The number of carbonyl (C=O) groups excluding carboxylic acids is 1. The first-order valence-corrected chi connectivity index (χ1v) is 8.97. The first-order valence-electron chi connectivity index (χ1n) is 8.97. The summed E-state index contributed by atoms with van der Waals surface area (Å²) in [5.41, 5.74) is 3.83. The van der Waals surface area contributed by atoms with Crippen molar-refractivity contribution in [3.05, 3.63) is 65.2 Å². The minimum Gasteiger partial charge on any atom is -0.497 e. The van der Waals surface area contributed by atoms with Crippen molar-refractivity contribution in [2.24, 2.45) is 0 Å². The minimum absolute atomic E-state index is 0.113. The lowest BCUT2D eigenvalue weighted by molar-refractivity contribution is -0.885. The number of nitrogens with one attached hydrogen (secondary N) is 2. The number of amides is 1. The monoisotopic (exact) mass is 339 g/mol. The molecule has 1 amide bonds. The zero-order valence-corrected chi connectivity index (χ0v) is 15.0. The van der Waals surface area contributed by atoms with Gasteiger partial charge in [-0.2, -0.15) is 0 Å². The van der Waals surface area contributed by atoms with E-state index in [2.05, 4.69) is 35.6 Å². The van der Waals surface area contributed by atoms with Gasteiger partial charge in [-0.1, -0.05) is 36.4 Å². The molecule has 0 saturated heterocycles. The average Bonchev–Trinajstić information content (AvgIpc) is 2.62. The summed E-state index contributed by atoms with van der Waals surface area (Å²) in [4.78, 5) is 13.7. The molecule has 0 saturated carbocycles. The quantitative estimate of drug-likeness (QED) is 0.844. The predicted octanol–water partition coefficient (Wildman–Crippen LogP) is 1.90. The molecule has 2 aromatic rings. The van der Waals surface area contributed by atoms with Crippen molar-refractivity contribution >= 4 is 5.91 Å². The highest BCUT2D eigenvalue weighted by Gasteiger charge is 2.22. The average molecular weight is 339 g/mol. The van der Waals surface area contributed by atoms with Gasteiger partial charge in [0.2, 0.25) is 0 Å². The van der Waals surface area contributed by atoms with Crippen molar-refractivity contribution in [1.29, 1.82) is 0 Å². The second-order valence-electron chi connectivity index (χ2n) is 6.87. The number of fused-ring (bicyclic) bond motifs is 1. The number of ether oxygens (including phenoxy) is 1. The van der Waals surface area contributed by atoms with Gasteiger partial charge in [0.25, 0.3) is 5.91 Å². The molecule has 1 unspecified atom stereocenters. The molecule has 1 aliphatic carbocycles. The molecular weight excluding hydrogens is 312 g/mol. The van der Waals surface area contributed by atoms with Crippen LogP contribution < -0.4 is 15.0 Å². The van der Waals surface area contributed by atoms with Gasteiger partial charge in [-0.05, 0) is 42.5 Å². The van der Waals surface area contributed by atoms with E-state index in [1.54, 1.807) is 7.11 Å². The van der Waals surface area contributed by atoms with Gasteiger partial charge in [-0.3, -0.25) is 4.79 Å². The molecule has 0 aromatic heterocycles. The van der Waals surface area contributed by atoms with E-state index < -0.39 is 0 Å². The largest absolute Gasteiger partial charge is 0.497 e. The summed E-state index contributed by atoms with van der Waals surface area (Å²) in [5, 5.41) is 3.23. The number of hydrogen-bond donors (Lipinski definition) is 2. The highest BCUT2D eigenvalue weighted by Crippen LogP contribution is 2.29. The molecular formula is C21H27N2O2+. The van der Waals surface area contributed by atoms with E-state index in [9.17, 15) is 4.79 Å². The summed E-state index contributed by atoms with van der Waals surface area (Å²) in [6.07, 6.45) is 3.27. The van der Waals surface area contributed by atoms with Crippen molar-refractivity contribution in [3.63, 3.8) is 0 Å². The Balaban J connectivity index is 1.56. The van der Waals surface area contributed by atoms with Crippen LogP contribution in [0.15, 0.2) is 48.5 Å². The van der Waals surface area contributed by atoms with Crippen LogP contribution in [0.3, 0.4) is 0 Å². The molecule has 2 atom stereocenters. The van der Waals surface area contributed by atoms with Crippen molar-refractivity contribution in [3.8, 4) is 5.75 Å². The van der Waals surface area contributed by atoms with E-state index in [0.29, 0.717) is 6.54 Å². The molecule has 0 radical (unpaired) electrons. The second-order valence-corrected chi connectivity index (χ2v) is 6.87. The molecule has 0 spiro atoms. The standard InChI is InChI=1S/C21H26N2O2/c1-23(14-16-7-5-10-18(13-16)25-2)15-21(24)22-20-12-6-9-17-8-3-4-11-19(17)20/h3-5,7-8,10-11,13,20H,6,9,12,14-15H2,1-2H3,(H,22,24)/p+1/t20-/m1/s1. The summed E-state index contributed by atoms with van der Waals surface area (Å²) in [5.74, 6) is 0.968. The predicted molar refractivity (Wildman–Crippen MR) is 98.7 cm³/mol. The highest BCUT2D eigenvalue weighted by molar-refractivity contribution is 5.77. The lowest BCUT2D eigenvalue weighted by Gasteiger charge is -2.26. The lowest BCUT2D eigenvalue weighted by atomic mass is 9.88. The molecule has 132 valence electrons. The Labute approximate surface area is 149 Å². The Hall–Kier alpha value is -2.33. The number of quaternary nitrogens is 1. The zero-order chi connectivity index (χ0) is 17.6. The Morgan fingerprint density at radius 1 is 1.24 bits per heavy atom. The van der Waals surface area contributed by atoms with Crippen molar-refractivity contribution in [2.45, 2.75) is 31.8 Å². The van der Waals surface area contributed by atoms with Crippen LogP contribution in [0.4, 0.5) is 0 Å². The van der Waals surface area contributed by atoms with Gasteiger partial charge in [0, 0.05) is 5.56 Å². The van der Waals surface area contributed by atoms with E-state index in [0.717, 1.165) is 36.5 Å². The van der Waals surface area contributed by atoms with Crippen LogP contribution >= 0.6 is 0 Å². The topological polar surface area (TPSA) is 42.8 Å². The second kappa shape index (κ2) is 8.17. The van der Waals surface area contributed by atoms with Gasteiger partial charge in [-0.25, -0.2) is 0 Å². The number of benzene rings is 2. The van der Waals surface area contributed by atoms with Crippen LogP contribution in [0, 0.1) is 0 Å². The fraction of sp³-hybridized carbons (Fsp3) is 0.381. The van der Waals surface area contributed by atoms with Crippen molar-refractivity contribution in [2.75, 3.05) is 20.7 Å². The maximum atomic E-state index is 12.5. The van der Waals surface area contributed by atoms with Gasteiger partial charge in [0.1, 0.15) is 12.3 Å². The number of methoxy groups -OCH3 is 1. The zero-order valence-electron chi connectivity index (χ0n) is 15.0. The van der Waals surface area contributed by atoms with Crippen LogP contribution in [-0.2, 0) is 17.8 Å². The van der Waals surface area contributed by atoms with Crippen molar-refractivity contribution < 1.29 is 14.4 Å². The SMILES string of the molecule is COc1cccc(C[NH+](C)CC(=O)N[C@@H]2CCCc3ccccc32)c1. The Morgan fingerprint density at radius 3 is 2.92 bits per heavy atom. The van der Waals surface area contributed by atoms with Crippen LogP contribution in [0.2, 0.25) is 0 Å². The number of hydrogen-bond acceptors (Lipinski definition) is 2. The molecule has 2 aromatic carbocycles. The Morgan fingerprint density at radius 2 is 2.08 bits per heavy atom. The summed E-state index contributed by atoms with van der Waals surface area (Å²) in [6, 6.07) is 16.6. The minimum atomic E-state index is 0.113. The summed E-state index contributed by atoms with van der Waals surface area (Å²) >= 11 is 0. The molecule has 0 aliphatic heterocycles. The van der Waals surface area contributed by atoms with E-state index >= 15 is 0 Å². The first kappa shape index (κ1) is 17.5. The fourth-order valence-electron chi connectivity index (χ4n) is 3.62. The molecule has 0 fully saturated rings. The lowest BCUT2D eigenvalue weighted by Crippen LogP contribution is -3.08. The molecule has 3 rings (SSSR count). The fourth-order valence-corrected chi connectivity index (χ4v) is 3.62. The Bertz CT molecular complexity index is 729. The molecule has 0 bridgehead atoms. The van der Waals surface area contributed by atoms with E-state index in [-0.39, 0.29) is 11.9 Å². The normalized spacial score (nSPS) is 17.4. The molecule has 0 heterocycles. The van der Waals surface area contributed by atoms with E-state index in [4.69, 9.17) is 4.74 Å². The third-order valence-electron chi connectivity index (χ3n) is 4.81. The number of aryl methyl sites for hydroxylation is 1. The number of rotatable bonds is 6. The van der Waals surface area contributed by atoms with Crippen LogP contribution in [0.1, 0.15) is 35.6 Å². The van der Waals surface area contributed by atoms with Gasteiger partial charge in [0.15, 0.2) is 6.54 Å². The van der Waals surface area contributed by atoms with Gasteiger partial charge < -0.3 is 15.0 Å². The smallest absolute Gasteiger partial charge is 0.275 e. The maximum absolute atomic E-state index is 12.5. The van der Waals surface area contributed by atoms with Crippen molar-refractivity contribution in [1.82, 2.24) is 5.32 Å². The highest BCUT2D eigenvalue weighted by atomic mass is 16.5. The molecule has 2 N–H and O–H groups in total. The molecule has 1 aliphatic rings. The first-order chi connectivity index (χ1) is 12.2. The van der Waals surface area contributed by atoms with Gasteiger partial charge >= 0.3 is 0 Å². The summed E-state index contributed by atoms with van der Waals surface area (Å²) < 4.78 is 5.26. The van der Waals surface area contributed by atoms with Crippen LogP contribution in [0.25, 0.3) is 0 Å². The van der Waals surface area contributed by atoms with E-state index in [1.165, 1.54) is 16.7 Å². The van der Waals surface area contributed by atoms with Crippen LogP contribution in [0.5, 0.6) is 5.75 Å². The van der Waals surface area contributed by atoms with Gasteiger partial charge in [-0.15, -0.1) is 0 Å². The molecule has 4 heteroatoms. The third kappa shape index (κ3) is 4.60. The third-order valence-corrected chi connectivity index (χ3v) is 4.81. The molecule has 4 nitrogen and oxygen atoms in total. The van der Waals surface area contributed by atoms with E-state index in [1.807, 2.05) is 25.2 Å². The molecule has 25 heavy (non-hydrogen) atoms. The number of carbonyl (C=O) groups is 1. The number of likely N-dealkylation sites (N-methyl/N-ethyl adjacent to an activating group) is 1. The summed E-state index contributed by atoms with van der Waals surface area (Å²) in [7, 11) is 3.72. The maximum Gasteiger partial charge on any atom is 0.275 e.